The van der Waals surface area contributed by atoms with Gasteiger partial charge in [0.15, 0.2) is 0 Å². The number of hydrogen-bond acceptors (Lipinski definition) is 2. The Kier molecular flexibility index (Phi) is 6.34. The Balaban J connectivity index is 2.50. The zero-order valence-corrected chi connectivity index (χ0v) is 12.4. The number of nitrogens with zero attached hydrogens (tertiary/aromatic N) is 1. The second kappa shape index (κ2) is 7.52. The molecule has 0 aliphatic carbocycles. The molecule has 0 amide bonds. The van der Waals surface area contributed by atoms with E-state index in [9.17, 15) is 0 Å². The van der Waals surface area contributed by atoms with Gasteiger partial charge < -0.3 is 5.32 Å². The maximum Gasteiger partial charge on any atom is 0.0300 e. The molecule has 1 heterocycles. The number of pyridine rings is 1. The van der Waals surface area contributed by atoms with Gasteiger partial charge in [0.1, 0.15) is 0 Å². The van der Waals surface area contributed by atoms with Crippen molar-refractivity contribution in [2.75, 3.05) is 6.54 Å². The molecule has 18 heavy (non-hydrogen) atoms. The largest absolute Gasteiger partial charge is 0.314 e. The minimum atomic E-state index is 0.418. The van der Waals surface area contributed by atoms with Crippen molar-refractivity contribution in [3.63, 3.8) is 0 Å². The summed E-state index contributed by atoms with van der Waals surface area (Å²) >= 11 is 0. The topological polar surface area (TPSA) is 24.9 Å². The molecule has 1 aromatic rings. The van der Waals surface area contributed by atoms with Crippen LogP contribution in [0, 0.1) is 5.41 Å². The molecule has 1 aromatic heterocycles. The van der Waals surface area contributed by atoms with E-state index in [2.05, 4.69) is 44.1 Å². The molecule has 1 unspecified atom stereocenters. The zero-order valence-electron chi connectivity index (χ0n) is 12.4. The number of hydrogen-bond donors (Lipinski definition) is 1. The van der Waals surface area contributed by atoms with Gasteiger partial charge >= 0.3 is 0 Å². The van der Waals surface area contributed by atoms with Crippen molar-refractivity contribution in [1.29, 1.82) is 0 Å². The summed E-state index contributed by atoms with van der Waals surface area (Å²) in [4.78, 5) is 4.20. The fraction of sp³-hybridized carbons (Fsp3) is 0.688. The molecule has 2 heteroatoms. The molecule has 1 atom stereocenters. The Labute approximate surface area is 112 Å². The van der Waals surface area contributed by atoms with Crippen LogP contribution in [-0.4, -0.2) is 17.6 Å². The summed E-state index contributed by atoms with van der Waals surface area (Å²) in [5.74, 6) is 0. The molecule has 1 N–H and O–H groups in total. The first kappa shape index (κ1) is 15.2. The van der Waals surface area contributed by atoms with Gasteiger partial charge in [-0.3, -0.25) is 4.98 Å². The molecule has 0 saturated carbocycles. The molecule has 2 nitrogen and oxygen atoms in total. The summed E-state index contributed by atoms with van der Waals surface area (Å²) in [5, 5.41) is 3.66. The van der Waals surface area contributed by atoms with E-state index in [0.717, 1.165) is 13.0 Å². The van der Waals surface area contributed by atoms with Crippen LogP contribution in [0.5, 0.6) is 0 Å². The first-order chi connectivity index (χ1) is 8.51. The first-order valence-corrected chi connectivity index (χ1v) is 7.13. The quantitative estimate of drug-likeness (QED) is 0.793. The Hall–Kier alpha value is -0.890. The highest BCUT2D eigenvalue weighted by molar-refractivity contribution is 5.10. The highest BCUT2D eigenvalue weighted by atomic mass is 14.9. The van der Waals surface area contributed by atoms with Gasteiger partial charge in [-0.05, 0) is 49.3 Å². The third kappa shape index (κ3) is 6.75. The molecular weight excluding hydrogens is 220 g/mol. The molecule has 0 fully saturated rings. The molecule has 102 valence electrons. The van der Waals surface area contributed by atoms with E-state index in [4.69, 9.17) is 0 Å². The second-order valence-corrected chi connectivity index (χ2v) is 6.32. The second-order valence-electron chi connectivity index (χ2n) is 6.32. The fourth-order valence-electron chi connectivity index (χ4n) is 2.04. The molecule has 0 aromatic carbocycles. The van der Waals surface area contributed by atoms with Crippen LogP contribution in [0.3, 0.4) is 0 Å². The summed E-state index contributed by atoms with van der Waals surface area (Å²) in [7, 11) is 0. The normalized spacial score (nSPS) is 13.6. The zero-order chi connectivity index (χ0) is 13.4. The predicted octanol–water partition coefficient (Wildman–Crippen LogP) is 3.82. The highest BCUT2D eigenvalue weighted by Gasteiger charge is 2.15. The van der Waals surface area contributed by atoms with E-state index in [-0.39, 0.29) is 0 Å². The van der Waals surface area contributed by atoms with Gasteiger partial charge in [0.2, 0.25) is 0 Å². The van der Waals surface area contributed by atoms with Gasteiger partial charge in [0.25, 0.3) is 0 Å². The van der Waals surface area contributed by atoms with Crippen molar-refractivity contribution in [1.82, 2.24) is 10.3 Å². The molecule has 1 rings (SSSR count). The SMILES string of the molecule is CCCNC(CCC(C)(C)C)Cc1cccnc1. The van der Waals surface area contributed by atoms with Crippen molar-refractivity contribution < 1.29 is 0 Å². The van der Waals surface area contributed by atoms with Gasteiger partial charge in [-0.15, -0.1) is 0 Å². The number of aromatic nitrogens is 1. The van der Waals surface area contributed by atoms with E-state index in [1.807, 2.05) is 18.5 Å². The molecular formula is C16H28N2. The Bertz CT molecular complexity index is 314. The molecule has 0 aliphatic heterocycles. The van der Waals surface area contributed by atoms with Crippen molar-refractivity contribution >= 4 is 0 Å². The molecule has 0 saturated heterocycles. The number of rotatable bonds is 7. The third-order valence-corrected chi connectivity index (χ3v) is 3.13. The Morgan fingerprint density at radius 1 is 1.33 bits per heavy atom. The van der Waals surface area contributed by atoms with Gasteiger partial charge in [-0.25, -0.2) is 0 Å². The van der Waals surface area contributed by atoms with Crippen molar-refractivity contribution in [3.8, 4) is 0 Å². The van der Waals surface area contributed by atoms with Crippen molar-refractivity contribution in [2.24, 2.45) is 5.41 Å². The Morgan fingerprint density at radius 2 is 2.11 bits per heavy atom. The summed E-state index contributed by atoms with van der Waals surface area (Å²) in [5.41, 5.74) is 1.75. The summed E-state index contributed by atoms with van der Waals surface area (Å²) in [6, 6.07) is 4.77. The van der Waals surface area contributed by atoms with Gasteiger partial charge in [-0.1, -0.05) is 33.8 Å². The monoisotopic (exact) mass is 248 g/mol. The number of nitrogens with one attached hydrogen (secondary N) is 1. The van der Waals surface area contributed by atoms with Gasteiger partial charge in [0, 0.05) is 18.4 Å². The van der Waals surface area contributed by atoms with Crippen molar-refractivity contribution in [3.05, 3.63) is 30.1 Å². The van der Waals surface area contributed by atoms with E-state index in [0.29, 0.717) is 11.5 Å². The van der Waals surface area contributed by atoms with E-state index in [1.165, 1.54) is 24.8 Å². The minimum absolute atomic E-state index is 0.418. The van der Waals surface area contributed by atoms with E-state index < -0.39 is 0 Å². The molecule has 0 spiro atoms. The molecule has 0 radical (unpaired) electrons. The van der Waals surface area contributed by atoms with Crippen molar-refractivity contribution in [2.45, 2.75) is 59.4 Å². The van der Waals surface area contributed by atoms with Crippen LogP contribution >= 0.6 is 0 Å². The van der Waals surface area contributed by atoms with Gasteiger partial charge in [0.05, 0.1) is 0 Å². The van der Waals surface area contributed by atoms with Crippen LogP contribution in [-0.2, 0) is 6.42 Å². The standard InChI is InChI=1S/C16H28N2/c1-5-10-18-15(8-9-16(2,3)4)12-14-7-6-11-17-13-14/h6-7,11,13,15,18H,5,8-10,12H2,1-4H3. The van der Waals surface area contributed by atoms with Crippen LogP contribution in [0.1, 0.15) is 52.5 Å². The maximum absolute atomic E-state index is 4.20. The van der Waals surface area contributed by atoms with Crippen LogP contribution in [0.4, 0.5) is 0 Å². The minimum Gasteiger partial charge on any atom is -0.314 e. The average molecular weight is 248 g/mol. The Morgan fingerprint density at radius 3 is 2.67 bits per heavy atom. The molecule has 0 bridgehead atoms. The van der Waals surface area contributed by atoms with Gasteiger partial charge in [-0.2, -0.15) is 0 Å². The van der Waals surface area contributed by atoms with Crippen LogP contribution < -0.4 is 5.32 Å². The lowest BCUT2D eigenvalue weighted by molar-refractivity contribution is 0.328. The molecule has 0 aliphatic rings. The van der Waals surface area contributed by atoms with E-state index in [1.54, 1.807) is 0 Å². The fourth-order valence-corrected chi connectivity index (χ4v) is 2.04. The van der Waals surface area contributed by atoms with E-state index >= 15 is 0 Å². The maximum atomic E-state index is 4.20. The third-order valence-electron chi connectivity index (χ3n) is 3.13. The smallest absolute Gasteiger partial charge is 0.0300 e. The lowest BCUT2D eigenvalue weighted by atomic mass is 9.87. The van der Waals surface area contributed by atoms with Crippen LogP contribution in [0.2, 0.25) is 0 Å². The summed E-state index contributed by atoms with van der Waals surface area (Å²) < 4.78 is 0. The predicted molar refractivity (Wildman–Crippen MR) is 78.7 cm³/mol. The van der Waals surface area contributed by atoms with Crippen LogP contribution in [0.15, 0.2) is 24.5 Å². The lowest BCUT2D eigenvalue weighted by Gasteiger charge is -2.24. The lowest BCUT2D eigenvalue weighted by Crippen LogP contribution is -2.32. The highest BCUT2D eigenvalue weighted by Crippen LogP contribution is 2.22. The summed E-state index contributed by atoms with van der Waals surface area (Å²) in [6.45, 7) is 10.3. The average Bonchev–Trinajstić information content (AvgIpc) is 2.33. The first-order valence-electron chi connectivity index (χ1n) is 7.13. The van der Waals surface area contributed by atoms with Crippen LogP contribution in [0.25, 0.3) is 0 Å². The summed E-state index contributed by atoms with van der Waals surface area (Å²) in [6.07, 6.45) is 8.60.